The van der Waals surface area contributed by atoms with Crippen molar-refractivity contribution in [1.29, 1.82) is 0 Å². The van der Waals surface area contributed by atoms with Crippen LogP contribution in [-0.2, 0) is 0 Å². The van der Waals surface area contributed by atoms with E-state index in [1.165, 1.54) is 29.2 Å². The molecule has 22 heavy (non-hydrogen) atoms. The minimum Gasteiger partial charge on any atom is -0.434 e. The molecule has 0 spiro atoms. The molecule has 0 aliphatic heterocycles. The SMILES string of the molecule is CSc1nn2c(-c3nc4c([N+](=O)[O-])cccc4o3)cnc2s1. The lowest BCUT2D eigenvalue weighted by Gasteiger charge is -1.89. The maximum Gasteiger partial charge on any atom is 0.298 e. The van der Waals surface area contributed by atoms with Crippen molar-refractivity contribution < 1.29 is 9.34 Å². The van der Waals surface area contributed by atoms with Gasteiger partial charge in [-0.25, -0.2) is 9.97 Å². The van der Waals surface area contributed by atoms with Crippen LogP contribution in [0.5, 0.6) is 0 Å². The molecule has 110 valence electrons. The van der Waals surface area contributed by atoms with Crippen molar-refractivity contribution in [3.05, 3.63) is 34.5 Å². The van der Waals surface area contributed by atoms with Crippen LogP contribution in [-0.4, -0.2) is 30.8 Å². The predicted molar refractivity (Wildman–Crippen MR) is 82.3 cm³/mol. The highest BCUT2D eigenvalue weighted by Gasteiger charge is 2.21. The number of nitro benzene ring substituents is 1. The van der Waals surface area contributed by atoms with E-state index < -0.39 is 4.92 Å². The van der Waals surface area contributed by atoms with Crippen molar-refractivity contribution in [2.75, 3.05) is 6.26 Å². The third kappa shape index (κ3) is 1.88. The van der Waals surface area contributed by atoms with Crippen molar-refractivity contribution in [2.45, 2.75) is 4.34 Å². The van der Waals surface area contributed by atoms with Crippen LogP contribution in [0.4, 0.5) is 5.69 Å². The second kappa shape index (κ2) is 4.78. The fourth-order valence-electron chi connectivity index (χ4n) is 2.09. The number of hydrogen-bond acceptors (Lipinski definition) is 8. The van der Waals surface area contributed by atoms with Gasteiger partial charge in [0.25, 0.3) is 5.69 Å². The Morgan fingerprint density at radius 1 is 1.45 bits per heavy atom. The molecule has 1 aromatic carbocycles. The molecule has 8 nitrogen and oxygen atoms in total. The first-order valence-corrected chi connectivity index (χ1v) is 8.14. The molecular weight excluding hydrogens is 326 g/mol. The molecule has 0 radical (unpaired) electrons. The van der Waals surface area contributed by atoms with Gasteiger partial charge in [0, 0.05) is 6.07 Å². The average molecular weight is 333 g/mol. The monoisotopic (exact) mass is 333 g/mol. The van der Waals surface area contributed by atoms with Crippen molar-refractivity contribution in [3.63, 3.8) is 0 Å². The number of para-hydroxylation sites is 1. The minimum absolute atomic E-state index is 0.0867. The Kier molecular flexibility index (Phi) is 2.87. The van der Waals surface area contributed by atoms with Crippen molar-refractivity contribution in [1.82, 2.24) is 19.6 Å². The van der Waals surface area contributed by atoms with E-state index in [0.29, 0.717) is 11.3 Å². The van der Waals surface area contributed by atoms with E-state index in [1.54, 1.807) is 22.8 Å². The van der Waals surface area contributed by atoms with Gasteiger partial charge in [-0.15, -0.1) is 5.10 Å². The standard InChI is InChI=1S/C12H7N5O3S2/c1-21-12-15-16-7(5-13-11(16)22-12)10-14-9-6(17(18)19)3-2-4-8(9)20-10/h2-5H,1H3. The molecular formula is C12H7N5O3S2. The van der Waals surface area contributed by atoms with E-state index in [4.69, 9.17) is 4.42 Å². The quantitative estimate of drug-likeness (QED) is 0.322. The highest BCUT2D eigenvalue weighted by atomic mass is 32.2. The van der Waals surface area contributed by atoms with Gasteiger partial charge >= 0.3 is 0 Å². The zero-order valence-corrected chi connectivity index (χ0v) is 12.7. The van der Waals surface area contributed by atoms with Gasteiger partial charge in [-0.1, -0.05) is 29.2 Å². The molecule has 0 amide bonds. The number of imidazole rings is 1. The molecule has 0 aliphatic rings. The van der Waals surface area contributed by atoms with E-state index in [9.17, 15) is 10.1 Å². The van der Waals surface area contributed by atoms with Crippen LogP contribution in [0.1, 0.15) is 0 Å². The molecule has 0 bridgehead atoms. The van der Waals surface area contributed by atoms with E-state index in [-0.39, 0.29) is 17.1 Å². The fraction of sp³-hybridized carbons (Fsp3) is 0.0833. The summed E-state index contributed by atoms with van der Waals surface area (Å²) in [5, 5.41) is 15.5. The van der Waals surface area contributed by atoms with E-state index in [0.717, 1.165) is 9.30 Å². The molecule has 0 N–H and O–H groups in total. The number of aromatic nitrogens is 4. The summed E-state index contributed by atoms with van der Waals surface area (Å²) in [7, 11) is 0. The highest BCUT2D eigenvalue weighted by Crippen LogP contribution is 2.31. The van der Waals surface area contributed by atoms with E-state index in [2.05, 4.69) is 15.1 Å². The number of fused-ring (bicyclic) bond motifs is 2. The lowest BCUT2D eigenvalue weighted by atomic mass is 10.3. The van der Waals surface area contributed by atoms with Crippen molar-refractivity contribution in [2.24, 2.45) is 0 Å². The van der Waals surface area contributed by atoms with Gasteiger partial charge in [0.2, 0.25) is 10.9 Å². The number of hydrogen-bond donors (Lipinski definition) is 0. The Labute approximate surface area is 130 Å². The number of rotatable bonds is 3. The molecule has 0 unspecified atom stereocenters. The molecule has 0 aliphatic carbocycles. The summed E-state index contributed by atoms with van der Waals surface area (Å²) in [5.41, 5.74) is 1.06. The van der Waals surface area contributed by atoms with Crippen molar-refractivity contribution >= 4 is 44.8 Å². The van der Waals surface area contributed by atoms with E-state index in [1.807, 2.05) is 6.26 Å². The van der Waals surface area contributed by atoms with E-state index >= 15 is 0 Å². The summed E-state index contributed by atoms with van der Waals surface area (Å²) in [6, 6.07) is 4.61. The van der Waals surface area contributed by atoms with Gasteiger partial charge in [0.05, 0.1) is 11.1 Å². The summed E-state index contributed by atoms with van der Waals surface area (Å²) in [6.07, 6.45) is 3.53. The number of thioether (sulfide) groups is 1. The third-order valence-electron chi connectivity index (χ3n) is 3.06. The lowest BCUT2D eigenvalue weighted by Crippen LogP contribution is -1.90. The molecule has 0 atom stereocenters. The Morgan fingerprint density at radius 2 is 2.32 bits per heavy atom. The largest absolute Gasteiger partial charge is 0.434 e. The normalized spacial score (nSPS) is 11.5. The second-order valence-electron chi connectivity index (χ2n) is 4.31. The first-order valence-electron chi connectivity index (χ1n) is 6.10. The van der Waals surface area contributed by atoms with Crippen LogP contribution < -0.4 is 0 Å². The zero-order valence-electron chi connectivity index (χ0n) is 11.1. The lowest BCUT2D eigenvalue weighted by molar-refractivity contribution is -0.383. The number of non-ortho nitro benzene ring substituents is 1. The summed E-state index contributed by atoms with van der Waals surface area (Å²) < 4.78 is 8.13. The molecule has 10 heteroatoms. The molecule has 0 fully saturated rings. The fourth-order valence-corrected chi connectivity index (χ4v) is 3.42. The van der Waals surface area contributed by atoms with Crippen molar-refractivity contribution in [3.8, 4) is 11.6 Å². The van der Waals surface area contributed by atoms with Gasteiger partial charge in [-0.2, -0.15) is 4.52 Å². The van der Waals surface area contributed by atoms with Gasteiger partial charge in [0.1, 0.15) is 5.69 Å². The molecule has 3 aromatic heterocycles. The zero-order chi connectivity index (χ0) is 15.3. The number of nitrogens with zero attached hydrogens (tertiary/aromatic N) is 5. The summed E-state index contributed by atoms with van der Waals surface area (Å²) in [6.45, 7) is 0. The van der Waals surface area contributed by atoms with Gasteiger partial charge in [-0.05, 0) is 12.3 Å². The van der Waals surface area contributed by atoms with Crippen LogP contribution in [0.3, 0.4) is 0 Å². The second-order valence-corrected chi connectivity index (χ2v) is 6.32. The van der Waals surface area contributed by atoms with Crippen LogP contribution in [0.2, 0.25) is 0 Å². The Hall–Kier alpha value is -2.46. The van der Waals surface area contributed by atoms with Crippen LogP contribution in [0.15, 0.2) is 33.2 Å². The molecule has 4 aromatic rings. The predicted octanol–water partition coefficient (Wildman–Crippen LogP) is 3.23. The number of nitro groups is 1. The summed E-state index contributed by atoms with van der Waals surface area (Å²) in [4.78, 5) is 19.8. The minimum atomic E-state index is -0.477. The van der Waals surface area contributed by atoms with Crippen LogP contribution in [0.25, 0.3) is 27.6 Å². The molecule has 0 saturated carbocycles. The Balaban J connectivity index is 1.94. The highest BCUT2D eigenvalue weighted by molar-refractivity contribution is 8.00. The molecule has 0 saturated heterocycles. The summed E-state index contributed by atoms with van der Waals surface area (Å²) in [5.74, 6) is 0.259. The topological polar surface area (TPSA) is 99.4 Å². The third-order valence-corrected chi connectivity index (χ3v) is 4.95. The molecule has 4 rings (SSSR count). The first-order chi connectivity index (χ1) is 10.7. The van der Waals surface area contributed by atoms with Crippen LogP contribution in [0, 0.1) is 10.1 Å². The van der Waals surface area contributed by atoms with Gasteiger partial charge in [0.15, 0.2) is 15.4 Å². The number of oxazole rings is 1. The van der Waals surface area contributed by atoms with Crippen LogP contribution >= 0.6 is 23.1 Å². The first kappa shape index (κ1) is 13.2. The maximum atomic E-state index is 11.1. The Morgan fingerprint density at radius 3 is 3.09 bits per heavy atom. The Bertz CT molecular complexity index is 1020. The molecule has 3 heterocycles. The average Bonchev–Trinajstić information content (AvgIpc) is 3.18. The number of benzene rings is 1. The van der Waals surface area contributed by atoms with Gasteiger partial charge < -0.3 is 4.42 Å². The smallest absolute Gasteiger partial charge is 0.298 e. The summed E-state index contributed by atoms with van der Waals surface area (Å²) >= 11 is 2.97. The maximum absolute atomic E-state index is 11.1. The van der Waals surface area contributed by atoms with Gasteiger partial charge in [-0.3, -0.25) is 10.1 Å².